The zero-order valence-electron chi connectivity index (χ0n) is 11.5. The predicted octanol–water partition coefficient (Wildman–Crippen LogP) is 1.50. The van der Waals surface area contributed by atoms with E-state index in [2.05, 4.69) is 19.8 Å². The van der Waals surface area contributed by atoms with E-state index >= 15 is 0 Å². The molecule has 0 spiro atoms. The lowest BCUT2D eigenvalue weighted by Gasteiger charge is -2.37. The first-order valence-electron chi connectivity index (χ1n) is 6.83. The van der Waals surface area contributed by atoms with Crippen molar-refractivity contribution >= 4 is 17.3 Å². The lowest BCUT2D eigenvalue weighted by molar-refractivity contribution is 0.0697. The minimum Gasteiger partial charge on any atom is -0.478 e. The molecule has 1 aliphatic heterocycles. The van der Waals surface area contributed by atoms with Gasteiger partial charge in [-0.3, -0.25) is 9.97 Å². The topological polar surface area (TPSA) is 69.6 Å². The number of pyridine rings is 2. The second-order valence-corrected chi connectivity index (χ2v) is 4.88. The highest BCUT2D eigenvalue weighted by Crippen LogP contribution is 2.22. The molecule has 21 heavy (non-hydrogen) atoms. The van der Waals surface area contributed by atoms with Crippen LogP contribution in [-0.4, -0.2) is 47.2 Å². The van der Waals surface area contributed by atoms with E-state index < -0.39 is 5.97 Å². The number of nitrogens with zero attached hydrogens (tertiary/aromatic N) is 4. The molecule has 0 amide bonds. The van der Waals surface area contributed by atoms with E-state index in [0.29, 0.717) is 0 Å². The third-order valence-corrected chi connectivity index (χ3v) is 3.68. The van der Waals surface area contributed by atoms with Crippen molar-refractivity contribution in [1.82, 2.24) is 9.97 Å². The molecule has 1 fully saturated rings. The fourth-order valence-electron chi connectivity index (χ4n) is 2.59. The van der Waals surface area contributed by atoms with Crippen molar-refractivity contribution in [2.24, 2.45) is 0 Å². The monoisotopic (exact) mass is 284 g/mol. The van der Waals surface area contributed by atoms with Crippen LogP contribution in [0.4, 0.5) is 11.4 Å². The minimum absolute atomic E-state index is 0.259. The Labute approximate surface area is 122 Å². The quantitative estimate of drug-likeness (QED) is 0.921. The number of hydrogen-bond acceptors (Lipinski definition) is 5. The molecular formula is C15H16N4O2. The summed E-state index contributed by atoms with van der Waals surface area (Å²) in [6.07, 6.45) is 6.62. The number of carboxylic acids is 1. The van der Waals surface area contributed by atoms with E-state index in [9.17, 15) is 9.90 Å². The third kappa shape index (κ3) is 2.79. The number of piperazine rings is 1. The van der Waals surface area contributed by atoms with E-state index in [4.69, 9.17) is 0 Å². The molecular weight excluding hydrogens is 268 g/mol. The summed E-state index contributed by atoms with van der Waals surface area (Å²) in [5, 5.41) is 9.24. The van der Waals surface area contributed by atoms with Gasteiger partial charge < -0.3 is 14.9 Å². The Morgan fingerprint density at radius 3 is 2.24 bits per heavy atom. The van der Waals surface area contributed by atoms with Crippen LogP contribution < -0.4 is 9.80 Å². The SMILES string of the molecule is O=C(O)c1cnccc1N1CCN(c2ccncc2)CC1. The van der Waals surface area contributed by atoms with Crippen LogP contribution in [0.2, 0.25) is 0 Å². The zero-order chi connectivity index (χ0) is 14.7. The summed E-state index contributed by atoms with van der Waals surface area (Å²) < 4.78 is 0. The van der Waals surface area contributed by atoms with E-state index in [1.165, 1.54) is 6.20 Å². The molecule has 0 radical (unpaired) electrons. The molecule has 0 unspecified atom stereocenters. The van der Waals surface area contributed by atoms with E-state index in [0.717, 1.165) is 37.6 Å². The summed E-state index contributed by atoms with van der Waals surface area (Å²) in [5.41, 5.74) is 2.15. The van der Waals surface area contributed by atoms with Crippen molar-refractivity contribution < 1.29 is 9.90 Å². The lowest BCUT2D eigenvalue weighted by Crippen LogP contribution is -2.47. The van der Waals surface area contributed by atoms with Gasteiger partial charge in [0, 0.05) is 56.7 Å². The molecule has 0 aromatic carbocycles. The summed E-state index contributed by atoms with van der Waals surface area (Å²) >= 11 is 0. The lowest BCUT2D eigenvalue weighted by atomic mass is 10.2. The standard InChI is InChI=1S/C15H16N4O2/c20-15(21)13-11-17-6-3-14(13)19-9-7-18(8-10-19)12-1-4-16-5-2-12/h1-6,11H,7-10H2,(H,20,21). The van der Waals surface area contributed by atoms with Crippen LogP contribution in [0.1, 0.15) is 10.4 Å². The van der Waals surface area contributed by atoms with Gasteiger partial charge in [0.05, 0.1) is 5.69 Å². The van der Waals surface area contributed by atoms with Crippen LogP contribution in [0.25, 0.3) is 0 Å². The van der Waals surface area contributed by atoms with Crippen LogP contribution in [-0.2, 0) is 0 Å². The van der Waals surface area contributed by atoms with Gasteiger partial charge >= 0.3 is 5.97 Å². The second-order valence-electron chi connectivity index (χ2n) is 4.88. The molecule has 6 heteroatoms. The number of aromatic nitrogens is 2. The van der Waals surface area contributed by atoms with Crippen LogP contribution in [0.5, 0.6) is 0 Å². The molecule has 3 rings (SSSR count). The highest BCUT2D eigenvalue weighted by atomic mass is 16.4. The zero-order valence-corrected chi connectivity index (χ0v) is 11.5. The first-order chi connectivity index (χ1) is 10.3. The molecule has 2 aromatic rings. The Balaban J connectivity index is 1.73. The molecule has 0 bridgehead atoms. The van der Waals surface area contributed by atoms with Crippen LogP contribution in [0.15, 0.2) is 43.0 Å². The largest absolute Gasteiger partial charge is 0.478 e. The van der Waals surface area contributed by atoms with E-state index in [-0.39, 0.29) is 5.56 Å². The average molecular weight is 284 g/mol. The molecule has 0 aliphatic carbocycles. The van der Waals surface area contributed by atoms with Crippen molar-refractivity contribution in [3.05, 3.63) is 48.5 Å². The Morgan fingerprint density at radius 1 is 0.952 bits per heavy atom. The first kappa shape index (κ1) is 13.4. The molecule has 3 heterocycles. The van der Waals surface area contributed by atoms with Gasteiger partial charge in [-0.25, -0.2) is 4.79 Å². The Bertz CT molecular complexity index is 625. The fraction of sp³-hybridized carbons (Fsp3) is 0.267. The summed E-state index contributed by atoms with van der Waals surface area (Å²) in [5.74, 6) is -0.935. The highest BCUT2D eigenvalue weighted by Gasteiger charge is 2.21. The van der Waals surface area contributed by atoms with Crippen LogP contribution >= 0.6 is 0 Å². The highest BCUT2D eigenvalue weighted by molar-refractivity contribution is 5.94. The van der Waals surface area contributed by atoms with E-state index in [1.807, 2.05) is 12.1 Å². The predicted molar refractivity (Wildman–Crippen MR) is 79.9 cm³/mol. The van der Waals surface area contributed by atoms with Crippen LogP contribution in [0.3, 0.4) is 0 Å². The van der Waals surface area contributed by atoms with Gasteiger partial charge in [-0.2, -0.15) is 0 Å². The minimum atomic E-state index is -0.935. The maximum absolute atomic E-state index is 11.3. The smallest absolute Gasteiger partial charge is 0.339 e. The summed E-state index contributed by atoms with van der Waals surface area (Å²) in [7, 11) is 0. The molecule has 6 nitrogen and oxygen atoms in total. The van der Waals surface area contributed by atoms with Gasteiger partial charge in [-0.05, 0) is 18.2 Å². The molecule has 1 aliphatic rings. The van der Waals surface area contributed by atoms with E-state index in [1.54, 1.807) is 24.7 Å². The molecule has 2 aromatic heterocycles. The maximum atomic E-state index is 11.3. The van der Waals surface area contributed by atoms with Gasteiger partial charge in [0.25, 0.3) is 0 Å². The Morgan fingerprint density at radius 2 is 1.57 bits per heavy atom. The number of carboxylic acid groups (broad SMARTS) is 1. The molecule has 1 N–H and O–H groups in total. The summed E-state index contributed by atoms with van der Waals surface area (Å²) in [6.45, 7) is 3.27. The van der Waals surface area contributed by atoms with Crippen molar-refractivity contribution in [3.63, 3.8) is 0 Å². The Hall–Kier alpha value is -2.63. The molecule has 1 saturated heterocycles. The van der Waals surface area contributed by atoms with Crippen molar-refractivity contribution in [1.29, 1.82) is 0 Å². The second kappa shape index (κ2) is 5.78. The maximum Gasteiger partial charge on any atom is 0.339 e. The van der Waals surface area contributed by atoms with Gasteiger partial charge in [0.2, 0.25) is 0 Å². The van der Waals surface area contributed by atoms with Gasteiger partial charge in [-0.1, -0.05) is 0 Å². The summed E-state index contributed by atoms with van der Waals surface area (Å²) in [4.78, 5) is 23.6. The number of aromatic carboxylic acids is 1. The Kier molecular flexibility index (Phi) is 3.68. The third-order valence-electron chi connectivity index (χ3n) is 3.68. The van der Waals surface area contributed by atoms with Gasteiger partial charge in [-0.15, -0.1) is 0 Å². The molecule has 0 atom stereocenters. The van der Waals surface area contributed by atoms with Crippen LogP contribution in [0, 0.1) is 0 Å². The van der Waals surface area contributed by atoms with Gasteiger partial charge in [0.1, 0.15) is 5.56 Å². The first-order valence-corrected chi connectivity index (χ1v) is 6.83. The number of rotatable bonds is 3. The fourth-order valence-corrected chi connectivity index (χ4v) is 2.59. The van der Waals surface area contributed by atoms with Crippen molar-refractivity contribution in [3.8, 4) is 0 Å². The molecule has 108 valence electrons. The van der Waals surface area contributed by atoms with Crippen molar-refractivity contribution in [2.45, 2.75) is 0 Å². The van der Waals surface area contributed by atoms with Crippen molar-refractivity contribution in [2.75, 3.05) is 36.0 Å². The summed E-state index contributed by atoms with van der Waals surface area (Å²) in [6, 6.07) is 5.75. The normalized spacial score (nSPS) is 15.0. The number of carbonyl (C=O) groups is 1. The average Bonchev–Trinajstić information content (AvgIpc) is 2.56. The van der Waals surface area contributed by atoms with Gasteiger partial charge in [0.15, 0.2) is 0 Å². The number of hydrogen-bond donors (Lipinski definition) is 1. The molecule has 0 saturated carbocycles. The number of anilines is 2.